The second-order valence-corrected chi connectivity index (χ2v) is 4.47. The fourth-order valence-corrected chi connectivity index (χ4v) is 2.21. The van der Waals surface area contributed by atoms with Crippen LogP contribution in [0.5, 0.6) is 0 Å². The summed E-state index contributed by atoms with van der Waals surface area (Å²) >= 11 is 0. The Morgan fingerprint density at radius 1 is 1.06 bits per heavy atom. The van der Waals surface area contributed by atoms with Crippen LogP contribution < -0.4 is 5.73 Å². The third-order valence-corrected chi connectivity index (χ3v) is 3.26. The lowest BCUT2D eigenvalue weighted by Crippen LogP contribution is -1.90. The summed E-state index contributed by atoms with van der Waals surface area (Å²) in [5, 5.41) is 2.38. The molecule has 1 aromatic heterocycles. The van der Waals surface area contributed by atoms with E-state index in [4.69, 9.17) is 5.73 Å². The van der Waals surface area contributed by atoms with Crippen LogP contribution in [0.4, 0.5) is 5.69 Å². The molecular weight excluding hydrogens is 220 g/mol. The van der Waals surface area contributed by atoms with Gasteiger partial charge < -0.3 is 5.73 Å². The second kappa shape index (κ2) is 4.15. The number of rotatable bonds is 1. The topological polar surface area (TPSA) is 38.9 Å². The van der Waals surface area contributed by atoms with Crippen LogP contribution in [0, 0.1) is 6.92 Å². The number of aryl methyl sites for hydroxylation is 1. The van der Waals surface area contributed by atoms with Gasteiger partial charge in [0.1, 0.15) is 0 Å². The third kappa shape index (κ3) is 1.72. The van der Waals surface area contributed by atoms with Gasteiger partial charge in [0.05, 0.1) is 0 Å². The predicted octanol–water partition coefficient (Wildman–Crippen LogP) is 3.79. The lowest BCUT2D eigenvalue weighted by atomic mass is 9.98. The molecule has 18 heavy (non-hydrogen) atoms. The molecule has 88 valence electrons. The van der Waals surface area contributed by atoms with E-state index in [2.05, 4.69) is 35.3 Å². The van der Waals surface area contributed by atoms with E-state index in [1.165, 1.54) is 21.9 Å². The molecule has 0 aliphatic heterocycles. The van der Waals surface area contributed by atoms with E-state index in [0.29, 0.717) is 0 Å². The highest BCUT2D eigenvalue weighted by Crippen LogP contribution is 2.29. The normalized spacial score (nSPS) is 10.7. The molecule has 2 N–H and O–H groups in total. The number of hydrogen-bond acceptors (Lipinski definition) is 2. The van der Waals surface area contributed by atoms with E-state index in [1.807, 2.05) is 31.5 Å². The van der Waals surface area contributed by atoms with Crippen molar-refractivity contribution in [2.24, 2.45) is 0 Å². The van der Waals surface area contributed by atoms with Crippen molar-refractivity contribution in [2.75, 3.05) is 5.73 Å². The summed E-state index contributed by atoms with van der Waals surface area (Å²) < 4.78 is 0. The van der Waals surface area contributed by atoms with Gasteiger partial charge in [-0.05, 0) is 47.2 Å². The quantitative estimate of drug-likeness (QED) is 0.650. The van der Waals surface area contributed by atoms with E-state index in [0.717, 1.165) is 11.3 Å². The molecule has 2 nitrogen and oxygen atoms in total. The van der Waals surface area contributed by atoms with Crippen molar-refractivity contribution in [1.82, 2.24) is 4.98 Å². The van der Waals surface area contributed by atoms with Crippen molar-refractivity contribution in [3.8, 4) is 11.1 Å². The second-order valence-electron chi connectivity index (χ2n) is 4.47. The molecule has 0 saturated heterocycles. The molecule has 3 rings (SSSR count). The fourth-order valence-electron chi connectivity index (χ4n) is 2.21. The molecular formula is C16H14N2. The van der Waals surface area contributed by atoms with Gasteiger partial charge in [-0.1, -0.05) is 24.3 Å². The SMILES string of the molecule is Cc1cc(-c2cccc3ccncc23)ccc1N. The Hall–Kier alpha value is -2.35. The standard InChI is InChI=1S/C16H14N2/c1-11-9-13(5-6-16(11)17)14-4-2-3-12-7-8-18-10-15(12)14/h2-10H,17H2,1H3. The summed E-state index contributed by atoms with van der Waals surface area (Å²) in [6, 6.07) is 14.5. The maximum atomic E-state index is 5.87. The highest BCUT2D eigenvalue weighted by atomic mass is 14.6. The molecule has 0 fully saturated rings. The summed E-state index contributed by atoms with van der Waals surface area (Å²) in [7, 11) is 0. The zero-order valence-corrected chi connectivity index (χ0v) is 10.2. The average molecular weight is 234 g/mol. The highest BCUT2D eigenvalue weighted by Gasteiger charge is 2.04. The lowest BCUT2D eigenvalue weighted by Gasteiger charge is -2.08. The molecule has 0 aliphatic rings. The van der Waals surface area contributed by atoms with E-state index < -0.39 is 0 Å². The predicted molar refractivity (Wildman–Crippen MR) is 76.3 cm³/mol. The monoisotopic (exact) mass is 234 g/mol. The fraction of sp³-hybridized carbons (Fsp3) is 0.0625. The Morgan fingerprint density at radius 2 is 1.94 bits per heavy atom. The van der Waals surface area contributed by atoms with Gasteiger partial charge >= 0.3 is 0 Å². The zero-order valence-electron chi connectivity index (χ0n) is 10.2. The van der Waals surface area contributed by atoms with Crippen LogP contribution in [0.1, 0.15) is 5.56 Å². The maximum Gasteiger partial charge on any atom is 0.0352 e. The van der Waals surface area contributed by atoms with Crippen molar-refractivity contribution < 1.29 is 0 Å². The average Bonchev–Trinajstić information content (AvgIpc) is 2.41. The molecule has 2 heteroatoms. The maximum absolute atomic E-state index is 5.87. The van der Waals surface area contributed by atoms with Crippen molar-refractivity contribution in [3.63, 3.8) is 0 Å². The van der Waals surface area contributed by atoms with Crippen LogP contribution >= 0.6 is 0 Å². The largest absolute Gasteiger partial charge is 0.399 e. The minimum Gasteiger partial charge on any atom is -0.399 e. The van der Waals surface area contributed by atoms with Crippen LogP contribution in [-0.4, -0.2) is 4.98 Å². The van der Waals surface area contributed by atoms with E-state index in [1.54, 1.807) is 0 Å². The van der Waals surface area contributed by atoms with Crippen LogP contribution in [0.15, 0.2) is 54.9 Å². The number of pyridine rings is 1. The van der Waals surface area contributed by atoms with Crippen LogP contribution in [0.25, 0.3) is 21.9 Å². The molecule has 0 radical (unpaired) electrons. The molecule has 0 spiro atoms. The molecule has 0 atom stereocenters. The third-order valence-electron chi connectivity index (χ3n) is 3.26. The van der Waals surface area contributed by atoms with Crippen molar-refractivity contribution in [3.05, 3.63) is 60.4 Å². The smallest absolute Gasteiger partial charge is 0.0352 e. The summed E-state index contributed by atoms with van der Waals surface area (Å²) in [6.45, 7) is 2.03. The van der Waals surface area contributed by atoms with Crippen LogP contribution in [0.2, 0.25) is 0 Å². The first kappa shape index (κ1) is 10.8. The van der Waals surface area contributed by atoms with Crippen molar-refractivity contribution >= 4 is 16.5 Å². The first-order valence-electron chi connectivity index (χ1n) is 5.95. The number of nitrogen functional groups attached to an aromatic ring is 1. The lowest BCUT2D eigenvalue weighted by molar-refractivity contribution is 1.36. The number of benzene rings is 2. The number of hydrogen-bond donors (Lipinski definition) is 1. The van der Waals surface area contributed by atoms with Gasteiger partial charge in [0.15, 0.2) is 0 Å². The molecule has 0 saturated carbocycles. The Labute approximate surface area is 106 Å². The Kier molecular flexibility index (Phi) is 2.49. The van der Waals surface area contributed by atoms with Gasteiger partial charge in [0.2, 0.25) is 0 Å². The van der Waals surface area contributed by atoms with Gasteiger partial charge in [-0.25, -0.2) is 0 Å². The Bertz CT molecular complexity index is 712. The highest BCUT2D eigenvalue weighted by molar-refractivity contribution is 5.96. The van der Waals surface area contributed by atoms with Gasteiger partial charge in [-0.15, -0.1) is 0 Å². The molecule has 3 aromatic rings. The number of anilines is 1. The van der Waals surface area contributed by atoms with E-state index in [-0.39, 0.29) is 0 Å². The number of fused-ring (bicyclic) bond motifs is 1. The van der Waals surface area contributed by atoms with Gasteiger partial charge in [0, 0.05) is 23.5 Å². The number of aromatic nitrogens is 1. The summed E-state index contributed by atoms with van der Waals surface area (Å²) in [5.41, 5.74) is 10.2. The molecule has 1 heterocycles. The summed E-state index contributed by atoms with van der Waals surface area (Å²) in [6.07, 6.45) is 3.73. The van der Waals surface area contributed by atoms with Gasteiger partial charge in [-0.3, -0.25) is 4.98 Å². The van der Waals surface area contributed by atoms with Crippen LogP contribution in [-0.2, 0) is 0 Å². The minimum atomic E-state index is 0.831. The van der Waals surface area contributed by atoms with Crippen LogP contribution in [0.3, 0.4) is 0 Å². The van der Waals surface area contributed by atoms with Gasteiger partial charge in [-0.2, -0.15) is 0 Å². The first-order valence-corrected chi connectivity index (χ1v) is 5.95. The van der Waals surface area contributed by atoms with Crippen molar-refractivity contribution in [1.29, 1.82) is 0 Å². The molecule has 0 bridgehead atoms. The van der Waals surface area contributed by atoms with E-state index >= 15 is 0 Å². The number of nitrogens with zero attached hydrogens (tertiary/aromatic N) is 1. The summed E-state index contributed by atoms with van der Waals surface area (Å²) in [4.78, 5) is 4.21. The van der Waals surface area contributed by atoms with Gasteiger partial charge in [0.25, 0.3) is 0 Å². The Balaban J connectivity index is 2.28. The Morgan fingerprint density at radius 3 is 2.78 bits per heavy atom. The molecule has 0 unspecified atom stereocenters. The molecule has 0 amide bonds. The first-order chi connectivity index (χ1) is 8.75. The van der Waals surface area contributed by atoms with E-state index in [9.17, 15) is 0 Å². The van der Waals surface area contributed by atoms with Crippen molar-refractivity contribution in [2.45, 2.75) is 6.92 Å². The molecule has 2 aromatic carbocycles. The molecule has 0 aliphatic carbocycles. The minimum absolute atomic E-state index is 0.831. The number of nitrogens with two attached hydrogens (primary N) is 1. The summed E-state index contributed by atoms with van der Waals surface area (Å²) in [5.74, 6) is 0. The zero-order chi connectivity index (χ0) is 12.5.